The number of nitrogens with one attached hydrogen (secondary N) is 1. The number of hydrogen-bond acceptors (Lipinski definition) is 7. The number of benzene rings is 2. The van der Waals surface area contributed by atoms with Crippen LogP contribution in [0, 0.1) is 0 Å². The van der Waals surface area contributed by atoms with Crippen molar-refractivity contribution < 1.29 is 41.4 Å². The molecule has 9 nitrogen and oxygen atoms in total. The van der Waals surface area contributed by atoms with Gasteiger partial charge in [-0.25, -0.2) is 13.2 Å². The number of alkyl halides is 2. The lowest BCUT2D eigenvalue weighted by atomic mass is 10.1. The van der Waals surface area contributed by atoms with Crippen molar-refractivity contribution in [2.75, 3.05) is 30.4 Å². The molecular formula is C27H34F2N2O7S. The number of anilines is 1. The van der Waals surface area contributed by atoms with E-state index in [-0.39, 0.29) is 29.9 Å². The van der Waals surface area contributed by atoms with E-state index >= 15 is 0 Å². The van der Waals surface area contributed by atoms with E-state index in [1.54, 1.807) is 43.3 Å². The Hall–Kier alpha value is -3.09. The predicted molar refractivity (Wildman–Crippen MR) is 141 cm³/mol. The number of carbonyl (C=O) groups excluding carboxylic acids is 1. The molecule has 0 bridgehead atoms. The zero-order valence-electron chi connectivity index (χ0n) is 22.1. The van der Waals surface area contributed by atoms with Crippen molar-refractivity contribution in [3.8, 4) is 0 Å². The summed E-state index contributed by atoms with van der Waals surface area (Å²) in [5.74, 6) is -1.69. The molecule has 0 aromatic heterocycles. The summed E-state index contributed by atoms with van der Waals surface area (Å²) in [5.41, 5.74) is 0.125. The number of carbonyl (C=O) groups is 2. The Balaban J connectivity index is 1.77. The van der Waals surface area contributed by atoms with Crippen molar-refractivity contribution in [3.63, 3.8) is 0 Å². The van der Waals surface area contributed by atoms with E-state index in [2.05, 4.69) is 10.1 Å². The smallest absolute Gasteiger partial charge is 0.345 e. The Labute approximate surface area is 227 Å². The Kier molecular flexibility index (Phi) is 10.0. The summed E-state index contributed by atoms with van der Waals surface area (Å²) in [5, 5.41) is 12.2. The summed E-state index contributed by atoms with van der Waals surface area (Å²) in [7, 11) is -3.42. The minimum absolute atomic E-state index is 0.0597. The third kappa shape index (κ3) is 7.96. The minimum Gasteiger partial charge on any atom is -0.479 e. The first-order valence-corrected chi connectivity index (χ1v) is 14.3. The van der Waals surface area contributed by atoms with E-state index in [1.807, 2.05) is 4.90 Å². The highest BCUT2D eigenvalue weighted by atomic mass is 32.2. The van der Waals surface area contributed by atoms with Crippen LogP contribution >= 0.6 is 0 Å². The van der Waals surface area contributed by atoms with E-state index in [0.29, 0.717) is 17.7 Å². The second-order valence-electron chi connectivity index (χ2n) is 9.76. The second-order valence-corrected chi connectivity index (χ2v) is 12.0. The molecule has 2 atom stereocenters. The van der Waals surface area contributed by atoms with Gasteiger partial charge in [0, 0.05) is 17.8 Å². The first kappa shape index (κ1) is 30.5. The summed E-state index contributed by atoms with van der Waals surface area (Å²) in [4.78, 5) is 26.8. The van der Waals surface area contributed by atoms with Crippen LogP contribution in [0.2, 0.25) is 0 Å². The van der Waals surface area contributed by atoms with Gasteiger partial charge in [0.1, 0.15) is 0 Å². The number of ether oxygens (including phenoxy) is 2. The van der Waals surface area contributed by atoms with Gasteiger partial charge in [-0.2, -0.15) is 8.78 Å². The van der Waals surface area contributed by atoms with Crippen molar-refractivity contribution in [2.24, 2.45) is 0 Å². The van der Waals surface area contributed by atoms with Gasteiger partial charge in [-0.05, 0) is 68.7 Å². The van der Waals surface area contributed by atoms with Crippen molar-refractivity contribution in [1.82, 2.24) is 5.32 Å². The quantitative estimate of drug-likeness (QED) is 0.371. The average molecular weight is 569 g/mol. The maximum absolute atomic E-state index is 13.1. The van der Waals surface area contributed by atoms with Gasteiger partial charge in [0.25, 0.3) is 5.91 Å². The molecule has 0 unspecified atom stereocenters. The number of carboxylic acid groups (broad SMARTS) is 1. The van der Waals surface area contributed by atoms with Crippen LogP contribution in [0.4, 0.5) is 14.5 Å². The zero-order chi connectivity index (χ0) is 28.8. The lowest BCUT2D eigenvalue weighted by Crippen LogP contribution is -2.39. The number of nitrogens with zero attached hydrogens (tertiary/aromatic N) is 1. The molecule has 1 heterocycles. The molecule has 0 aliphatic carbocycles. The van der Waals surface area contributed by atoms with E-state index in [9.17, 15) is 31.9 Å². The first-order valence-electron chi connectivity index (χ1n) is 12.6. The summed E-state index contributed by atoms with van der Waals surface area (Å²) < 4.78 is 59.4. The van der Waals surface area contributed by atoms with E-state index in [0.717, 1.165) is 18.5 Å². The van der Waals surface area contributed by atoms with Gasteiger partial charge in [0.2, 0.25) is 0 Å². The molecule has 0 radical (unpaired) electrons. The normalized spacial score (nSPS) is 16.9. The Bertz CT molecular complexity index is 1240. The van der Waals surface area contributed by atoms with E-state index in [1.165, 1.54) is 26.0 Å². The van der Waals surface area contributed by atoms with Crippen LogP contribution in [0.3, 0.4) is 0 Å². The van der Waals surface area contributed by atoms with Crippen LogP contribution in [0.5, 0.6) is 0 Å². The monoisotopic (exact) mass is 568 g/mol. The zero-order valence-corrected chi connectivity index (χ0v) is 22.9. The van der Waals surface area contributed by atoms with Gasteiger partial charge in [-0.1, -0.05) is 19.1 Å². The molecule has 0 saturated carbocycles. The lowest BCUT2D eigenvalue weighted by Gasteiger charge is -2.27. The fourth-order valence-corrected chi connectivity index (χ4v) is 5.11. The maximum Gasteiger partial charge on any atom is 0.345 e. The number of rotatable bonds is 13. The highest BCUT2D eigenvalue weighted by Gasteiger charge is 2.30. The molecule has 1 aliphatic rings. The molecule has 1 aliphatic heterocycles. The highest BCUT2D eigenvalue weighted by molar-refractivity contribution is 7.91. The predicted octanol–water partition coefficient (Wildman–Crippen LogP) is 4.04. The summed E-state index contributed by atoms with van der Waals surface area (Å²) in [6, 6.07) is 11.7. The van der Waals surface area contributed by atoms with Crippen molar-refractivity contribution in [2.45, 2.75) is 62.8 Å². The molecule has 2 aromatic rings. The number of sulfone groups is 1. The molecular weight excluding hydrogens is 534 g/mol. The molecule has 214 valence electrons. The number of halogens is 2. The average Bonchev–Trinajstić information content (AvgIpc) is 3.38. The van der Waals surface area contributed by atoms with Gasteiger partial charge in [-0.15, -0.1) is 0 Å². The molecule has 3 rings (SSSR count). The van der Waals surface area contributed by atoms with Crippen LogP contribution in [0.1, 0.15) is 55.6 Å². The summed E-state index contributed by atoms with van der Waals surface area (Å²) >= 11 is 0. The number of carboxylic acids is 1. The molecule has 2 aromatic carbocycles. The van der Waals surface area contributed by atoms with Crippen LogP contribution in [-0.2, 0) is 24.1 Å². The number of amides is 1. The highest BCUT2D eigenvalue weighted by Crippen LogP contribution is 2.27. The maximum atomic E-state index is 13.1. The first-order chi connectivity index (χ1) is 18.3. The Morgan fingerprint density at radius 2 is 1.77 bits per heavy atom. The van der Waals surface area contributed by atoms with Crippen LogP contribution in [0.25, 0.3) is 0 Å². The van der Waals surface area contributed by atoms with Gasteiger partial charge in [0.15, 0.2) is 15.4 Å². The van der Waals surface area contributed by atoms with Crippen LogP contribution in [-0.4, -0.2) is 69.2 Å². The number of hydrogen-bond donors (Lipinski definition) is 2. The lowest BCUT2D eigenvalue weighted by molar-refractivity contribution is -0.162. The van der Waals surface area contributed by atoms with Crippen molar-refractivity contribution >= 4 is 27.4 Å². The van der Waals surface area contributed by atoms with Crippen LogP contribution < -0.4 is 10.2 Å². The molecule has 1 amide bonds. The largest absolute Gasteiger partial charge is 0.479 e. The third-order valence-electron chi connectivity index (χ3n) is 6.71. The van der Waals surface area contributed by atoms with E-state index in [4.69, 9.17) is 4.74 Å². The van der Waals surface area contributed by atoms with Gasteiger partial charge in [0.05, 0.1) is 35.9 Å². The van der Waals surface area contributed by atoms with Gasteiger partial charge in [-0.3, -0.25) is 4.79 Å². The summed E-state index contributed by atoms with van der Waals surface area (Å²) in [6.07, 6.45) is 1.56. The summed E-state index contributed by atoms with van der Waals surface area (Å²) in [6.45, 7) is 1.91. The third-order valence-corrected chi connectivity index (χ3v) is 8.46. The SMILES string of the molecule is CCS(=O)(=O)c1ccc([C@H](COC(C)(C)C(=O)O)NC(=O)c2ccc(N3CCC[C@H]3COC(F)F)cc2)cc1. The molecule has 1 saturated heterocycles. The molecule has 12 heteroatoms. The standard InChI is InChI=1S/C27H34F2N2O7S/c1-4-39(35,36)22-13-9-18(10-14-22)23(17-38-27(2,3)25(33)34)30-24(32)19-7-11-20(12-8-19)31-15-5-6-21(31)16-37-26(28)29/h7-14,21,23,26H,4-6,15-17H2,1-3H3,(H,30,32)(H,33,34)/t21-,23-/m0/s1. The van der Waals surface area contributed by atoms with E-state index < -0.39 is 40.0 Å². The molecule has 1 fully saturated rings. The fraction of sp³-hybridized carbons (Fsp3) is 0.481. The Morgan fingerprint density at radius 1 is 1.13 bits per heavy atom. The van der Waals surface area contributed by atoms with Crippen molar-refractivity contribution in [1.29, 1.82) is 0 Å². The topological polar surface area (TPSA) is 122 Å². The van der Waals surface area contributed by atoms with Gasteiger partial charge >= 0.3 is 12.6 Å². The Morgan fingerprint density at radius 3 is 2.33 bits per heavy atom. The molecule has 2 N–H and O–H groups in total. The number of aliphatic carboxylic acids is 1. The second kappa shape index (κ2) is 12.8. The molecule has 0 spiro atoms. The van der Waals surface area contributed by atoms with Gasteiger partial charge < -0.3 is 24.8 Å². The molecule has 39 heavy (non-hydrogen) atoms. The minimum atomic E-state index is -3.42. The van der Waals surface area contributed by atoms with Crippen molar-refractivity contribution in [3.05, 3.63) is 59.7 Å². The van der Waals surface area contributed by atoms with Crippen LogP contribution in [0.15, 0.2) is 53.4 Å². The fourth-order valence-electron chi connectivity index (χ4n) is 4.23.